The van der Waals surface area contributed by atoms with Crippen molar-refractivity contribution in [1.29, 1.82) is 0 Å². The minimum atomic E-state index is -1.30. The van der Waals surface area contributed by atoms with Gasteiger partial charge in [0.25, 0.3) is 0 Å². The van der Waals surface area contributed by atoms with Crippen LogP contribution in [0.2, 0.25) is 0 Å². The van der Waals surface area contributed by atoms with E-state index in [-0.39, 0.29) is 5.56 Å². The summed E-state index contributed by atoms with van der Waals surface area (Å²) in [5.41, 5.74) is 5.54. The van der Waals surface area contributed by atoms with Crippen LogP contribution in [0.15, 0.2) is 133 Å². The lowest BCUT2D eigenvalue weighted by Crippen LogP contribution is -2.23. The van der Waals surface area contributed by atoms with Crippen LogP contribution >= 0.6 is 0 Å². The first-order valence-corrected chi connectivity index (χ1v) is 14.0. The van der Waals surface area contributed by atoms with E-state index in [9.17, 15) is 14.7 Å². The Balaban J connectivity index is 1.43. The molecule has 0 aliphatic heterocycles. The normalized spacial score (nSPS) is 13.0. The molecular weight excluding hydrogens is 540 g/mol. The third-order valence-corrected chi connectivity index (χ3v) is 6.97. The fourth-order valence-electron chi connectivity index (χ4n) is 4.73. The van der Waals surface area contributed by atoms with Gasteiger partial charge in [0.2, 0.25) is 0 Å². The van der Waals surface area contributed by atoms with E-state index in [0.29, 0.717) is 16.9 Å². The summed E-state index contributed by atoms with van der Waals surface area (Å²) in [7, 11) is 0. The molecule has 5 rings (SSSR count). The Morgan fingerprint density at radius 1 is 0.605 bits per heavy atom. The topological polar surface area (TPSA) is 82.1 Å². The molecule has 0 aliphatic rings. The summed E-state index contributed by atoms with van der Waals surface area (Å²) < 4.78 is 17.5. The van der Waals surface area contributed by atoms with Gasteiger partial charge in [0.1, 0.15) is 11.9 Å². The summed E-state index contributed by atoms with van der Waals surface area (Å²) in [6, 6.07) is 40.6. The average molecular weight is 573 g/mol. The van der Waals surface area contributed by atoms with Crippen molar-refractivity contribution in [2.75, 3.05) is 0 Å². The Labute approximate surface area is 251 Å². The van der Waals surface area contributed by atoms with Gasteiger partial charge in [-0.15, -0.1) is 0 Å². The Hall–Kier alpha value is -5.04. The first-order valence-electron chi connectivity index (χ1n) is 14.0. The Morgan fingerprint density at radius 2 is 1.12 bits per heavy atom. The molecule has 1 N–H and O–H groups in total. The van der Waals surface area contributed by atoms with Crippen LogP contribution in [0.25, 0.3) is 11.1 Å². The van der Waals surface area contributed by atoms with Crippen LogP contribution < -0.4 is 4.74 Å². The maximum atomic E-state index is 13.4. The fraction of sp³-hybridized carbons (Fsp3) is 0.135. The van der Waals surface area contributed by atoms with Crippen LogP contribution in [0.1, 0.15) is 58.0 Å². The molecule has 0 saturated heterocycles. The molecule has 0 bridgehead atoms. The molecule has 6 heteroatoms. The Morgan fingerprint density at radius 3 is 1.65 bits per heavy atom. The molecule has 1 unspecified atom stereocenters. The number of carbonyl (C=O) groups excluding carboxylic acids is 2. The molecule has 0 radical (unpaired) electrons. The van der Waals surface area contributed by atoms with Gasteiger partial charge in [-0.3, -0.25) is 4.79 Å². The minimum Gasteiger partial charge on any atom is -0.451 e. The highest BCUT2D eigenvalue weighted by atomic mass is 16.6. The van der Waals surface area contributed by atoms with Crippen LogP contribution in [0.5, 0.6) is 5.75 Å². The monoisotopic (exact) mass is 572 g/mol. The molecule has 43 heavy (non-hydrogen) atoms. The Kier molecular flexibility index (Phi) is 9.42. The lowest BCUT2D eigenvalue weighted by Gasteiger charge is -2.30. The molecule has 0 saturated carbocycles. The molecule has 0 aromatic heterocycles. The SMILES string of the molecule is CC(=O)Oc1ccc(C(=O)O[C@H](c2ccccc2)[C@H](OC(O)c2ccc(-c3ccc(C)cc3)cc2)c2ccccc2)cc1. The van der Waals surface area contributed by atoms with Gasteiger partial charge in [-0.05, 0) is 53.4 Å². The van der Waals surface area contributed by atoms with Gasteiger partial charge < -0.3 is 19.3 Å². The highest BCUT2D eigenvalue weighted by Crippen LogP contribution is 2.39. The van der Waals surface area contributed by atoms with Crippen molar-refractivity contribution in [3.63, 3.8) is 0 Å². The van der Waals surface area contributed by atoms with Crippen LogP contribution in [0.3, 0.4) is 0 Å². The Bertz CT molecular complexity index is 1630. The maximum Gasteiger partial charge on any atom is 0.338 e. The van der Waals surface area contributed by atoms with Crippen molar-refractivity contribution in [2.24, 2.45) is 0 Å². The molecule has 5 aromatic rings. The zero-order chi connectivity index (χ0) is 30.2. The number of ether oxygens (including phenoxy) is 3. The van der Waals surface area contributed by atoms with Gasteiger partial charge in [0.15, 0.2) is 12.4 Å². The summed E-state index contributed by atoms with van der Waals surface area (Å²) >= 11 is 0. The third-order valence-electron chi connectivity index (χ3n) is 6.97. The van der Waals surface area contributed by atoms with Crippen LogP contribution in [-0.2, 0) is 14.3 Å². The average Bonchev–Trinajstić information content (AvgIpc) is 3.04. The number of aryl methyl sites for hydroxylation is 1. The van der Waals surface area contributed by atoms with Crippen molar-refractivity contribution in [3.8, 4) is 16.9 Å². The number of hydrogen-bond acceptors (Lipinski definition) is 6. The zero-order valence-electron chi connectivity index (χ0n) is 23.9. The summed E-state index contributed by atoms with van der Waals surface area (Å²) in [6.07, 6.45) is -3.05. The van der Waals surface area contributed by atoms with Gasteiger partial charge >= 0.3 is 11.9 Å². The molecule has 6 nitrogen and oxygen atoms in total. The largest absolute Gasteiger partial charge is 0.451 e. The van der Waals surface area contributed by atoms with E-state index in [1.165, 1.54) is 36.8 Å². The van der Waals surface area contributed by atoms with Gasteiger partial charge in [-0.1, -0.05) is 115 Å². The number of carbonyl (C=O) groups is 2. The molecule has 0 heterocycles. The molecule has 5 aromatic carbocycles. The van der Waals surface area contributed by atoms with Gasteiger partial charge in [-0.2, -0.15) is 0 Å². The summed E-state index contributed by atoms with van der Waals surface area (Å²) in [5, 5.41) is 11.3. The van der Waals surface area contributed by atoms with E-state index >= 15 is 0 Å². The van der Waals surface area contributed by atoms with E-state index < -0.39 is 30.4 Å². The number of benzene rings is 5. The molecule has 0 fully saturated rings. The van der Waals surface area contributed by atoms with E-state index in [2.05, 4.69) is 24.3 Å². The maximum absolute atomic E-state index is 13.4. The molecule has 216 valence electrons. The third kappa shape index (κ3) is 7.63. The number of aliphatic hydroxyl groups excluding tert-OH is 1. The van der Waals surface area contributed by atoms with E-state index in [1.54, 1.807) is 0 Å². The van der Waals surface area contributed by atoms with E-state index in [4.69, 9.17) is 14.2 Å². The number of aliphatic hydroxyl groups is 1. The second kappa shape index (κ2) is 13.7. The molecule has 0 aliphatic carbocycles. The zero-order valence-corrected chi connectivity index (χ0v) is 23.9. The van der Waals surface area contributed by atoms with Crippen molar-refractivity contribution >= 4 is 11.9 Å². The molecule has 0 spiro atoms. The number of esters is 2. The number of rotatable bonds is 10. The van der Waals surface area contributed by atoms with Crippen LogP contribution in [0.4, 0.5) is 0 Å². The molecular formula is C37H32O6. The lowest BCUT2D eigenvalue weighted by atomic mass is 9.97. The quantitative estimate of drug-likeness (QED) is 0.104. The predicted octanol–water partition coefficient (Wildman–Crippen LogP) is 7.93. The second-order valence-electron chi connectivity index (χ2n) is 10.2. The summed E-state index contributed by atoms with van der Waals surface area (Å²) in [5.74, 6) is -0.721. The lowest BCUT2D eigenvalue weighted by molar-refractivity contribution is -0.174. The van der Waals surface area contributed by atoms with Crippen LogP contribution in [-0.4, -0.2) is 17.0 Å². The molecule has 3 atom stereocenters. The summed E-state index contributed by atoms with van der Waals surface area (Å²) in [4.78, 5) is 24.7. The molecule has 0 amide bonds. The van der Waals surface area contributed by atoms with E-state index in [1.807, 2.05) is 91.9 Å². The van der Waals surface area contributed by atoms with Gasteiger partial charge in [-0.25, -0.2) is 4.79 Å². The second-order valence-corrected chi connectivity index (χ2v) is 10.2. The minimum absolute atomic E-state index is 0.274. The van der Waals surface area contributed by atoms with Crippen molar-refractivity contribution < 1.29 is 28.9 Å². The smallest absolute Gasteiger partial charge is 0.338 e. The fourth-order valence-corrected chi connectivity index (χ4v) is 4.73. The predicted molar refractivity (Wildman–Crippen MR) is 164 cm³/mol. The summed E-state index contributed by atoms with van der Waals surface area (Å²) in [6.45, 7) is 3.36. The first-order chi connectivity index (χ1) is 20.9. The van der Waals surface area contributed by atoms with Gasteiger partial charge in [0.05, 0.1) is 5.56 Å². The number of hydrogen-bond donors (Lipinski definition) is 1. The highest BCUT2D eigenvalue weighted by Gasteiger charge is 2.32. The van der Waals surface area contributed by atoms with E-state index in [0.717, 1.165) is 16.7 Å². The van der Waals surface area contributed by atoms with Crippen molar-refractivity contribution in [2.45, 2.75) is 32.3 Å². The van der Waals surface area contributed by atoms with Crippen LogP contribution in [0, 0.1) is 6.92 Å². The van der Waals surface area contributed by atoms with Crippen molar-refractivity contribution in [3.05, 3.63) is 161 Å². The van der Waals surface area contributed by atoms with Gasteiger partial charge in [0, 0.05) is 12.5 Å². The standard InChI is InChI=1S/C37H32O6/c1-25-13-15-27(16-14-25)28-17-19-31(20-18-28)36(39)42-34(29-9-5-3-6-10-29)35(30-11-7-4-8-12-30)43-37(40)32-21-23-33(24-22-32)41-26(2)38/h3-24,34-36,39H,1-2H3/t34-,35-,36?/m1/s1. The first kappa shape index (κ1) is 29.5. The van der Waals surface area contributed by atoms with Crippen molar-refractivity contribution in [1.82, 2.24) is 0 Å². The highest BCUT2D eigenvalue weighted by molar-refractivity contribution is 5.89.